The zero-order valence-electron chi connectivity index (χ0n) is 29.2. The number of carbonyl (C=O) groups excluding carboxylic acids is 5. The molecule has 274 valence electrons. The molecular formula is C38H44N6O8. The Labute approximate surface area is 301 Å². The molecule has 0 unspecified atom stereocenters. The molecule has 1 aliphatic carbocycles. The van der Waals surface area contributed by atoms with Crippen LogP contribution in [0.25, 0.3) is 0 Å². The molecule has 1 saturated heterocycles. The Hall–Kier alpha value is -5.50. The molecule has 3 heterocycles. The van der Waals surface area contributed by atoms with Crippen LogP contribution in [0.1, 0.15) is 47.2 Å². The Bertz CT molecular complexity index is 1780. The van der Waals surface area contributed by atoms with Crippen LogP contribution in [0.15, 0.2) is 72.9 Å². The summed E-state index contributed by atoms with van der Waals surface area (Å²) in [6.45, 7) is 1.26. The van der Waals surface area contributed by atoms with Gasteiger partial charge in [-0.3, -0.25) is 24.0 Å². The molecule has 2 bridgehead atoms. The first-order valence-corrected chi connectivity index (χ1v) is 17.5. The lowest BCUT2D eigenvalue weighted by atomic mass is 9.93. The number of nitrogens with zero attached hydrogens (tertiary/aromatic N) is 3. The third-order valence-electron chi connectivity index (χ3n) is 9.60. The van der Waals surface area contributed by atoms with Crippen molar-refractivity contribution in [1.82, 2.24) is 30.7 Å². The lowest BCUT2D eigenvalue weighted by Gasteiger charge is -2.30. The Kier molecular flexibility index (Phi) is 11.3. The van der Waals surface area contributed by atoms with Gasteiger partial charge < -0.3 is 40.3 Å². The van der Waals surface area contributed by atoms with E-state index in [1.54, 1.807) is 35.2 Å². The monoisotopic (exact) mass is 712 g/mol. The van der Waals surface area contributed by atoms with Crippen LogP contribution in [0.5, 0.6) is 11.6 Å². The number of hydrogen-bond acceptors (Lipinski definition) is 9. The van der Waals surface area contributed by atoms with Gasteiger partial charge in [-0.25, -0.2) is 4.98 Å². The number of fused-ring (bicyclic) bond motifs is 4. The van der Waals surface area contributed by atoms with Crippen LogP contribution in [0.3, 0.4) is 0 Å². The van der Waals surface area contributed by atoms with Gasteiger partial charge in [-0.1, -0.05) is 42.5 Å². The molecule has 5 atom stereocenters. The molecule has 6 rings (SSSR count). The highest BCUT2D eigenvalue weighted by Crippen LogP contribution is 2.32. The second kappa shape index (κ2) is 16.2. The van der Waals surface area contributed by atoms with E-state index in [9.17, 15) is 29.1 Å². The minimum absolute atomic E-state index is 0.168. The van der Waals surface area contributed by atoms with Gasteiger partial charge in [0, 0.05) is 49.8 Å². The smallest absolute Gasteiger partial charge is 0.258 e. The lowest BCUT2D eigenvalue weighted by molar-refractivity contribution is -0.143. The summed E-state index contributed by atoms with van der Waals surface area (Å²) in [5, 5.41) is 19.1. The number of benzene rings is 2. The minimum atomic E-state index is -1.32. The maximum absolute atomic E-state index is 14.2. The van der Waals surface area contributed by atoms with E-state index >= 15 is 0 Å². The molecule has 14 heteroatoms. The van der Waals surface area contributed by atoms with Gasteiger partial charge in [0.1, 0.15) is 17.8 Å². The number of carbonyl (C=O) groups is 5. The Morgan fingerprint density at radius 3 is 2.50 bits per heavy atom. The summed E-state index contributed by atoms with van der Waals surface area (Å²) in [6.07, 6.45) is 2.18. The lowest BCUT2D eigenvalue weighted by Crippen LogP contribution is -2.58. The van der Waals surface area contributed by atoms with Gasteiger partial charge in [-0.2, -0.15) is 0 Å². The molecule has 14 nitrogen and oxygen atoms in total. The highest BCUT2D eigenvalue weighted by atomic mass is 16.5. The first-order chi connectivity index (χ1) is 25.1. The summed E-state index contributed by atoms with van der Waals surface area (Å²) in [6, 6.07) is 16.6. The zero-order chi connectivity index (χ0) is 36.8. The normalized spacial score (nSPS) is 23.6. The molecule has 1 aromatic heterocycles. The first kappa shape index (κ1) is 36.3. The fraction of sp³-hybridized carbons (Fsp3) is 0.421. The number of pyridine rings is 1. The molecule has 52 heavy (non-hydrogen) atoms. The van der Waals surface area contributed by atoms with E-state index in [2.05, 4.69) is 20.9 Å². The van der Waals surface area contributed by atoms with E-state index in [0.29, 0.717) is 17.2 Å². The standard InChI is InChI=1S/C38H44N6O8/c1-23(45)35-38(50)43(18-25-11-12-25)21-32(46)40-30(15-24-7-4-3-5-8-24)36(48)41-31-20-44(37(49)27-13-14-39-34(17-27)51-2)19-29(31)26-9-6-10-28(16-26)52-22-33(47)42-35/h3-10,13-14,16-17,23,25,29-31,35,45H,11-12,15,18-22H2,1-2H3,(H,40,46)(H,41,48)(H,42,47)/t23-,29-,30+,31+,35+/m1/s1. The Morgan fingerprint density at radius 1 is 0.981 bits per heavy atom. The largest absolute Gasteiger partial charge is 0.484 e. The Balaban J connectivity index is 1.34. The number of nitrogens with one attached hydrogen (secondary N) is 3. The van der Waals surface area contributed by atoms with Gasteiger partial charge in [0.25, 0.3) is 11.8 Å². The molecule has 3 aromatic rings. The molecule has 4 N–H and O–H groups in total. The van der Waals surface area contributed by atoms with Crippen LogP contribution < -0.4 is 25.4 Å². The van der Waals surface area contributed by atoms with Crippen molar-refractivity contribution >= 4 is 29.5 Å². The zero-order valence-corrected chi connectivity index (χ0v) is 29.2. The summed E-state index contributed by atoms with van der Waals surface area (Å²) in [5.74, 6) is -2.05. The van der Waals surface area contributed by atoms with E-state index in [1.165, 1.54) is 25.1 Å². The summed E-state index contributed by atoms with van der Waals surface area (Å²) >= 11 is 0. The summed E-state index contributed by atoms with van der Waals surface area (Å²) in [4.78, 5) is 75.6. The Morgan fingerprint density at radius 2 is 1.77 bits per heavy atom. The summed E-state index contributed by atoms with van der Waals surface area (Å²) in [5.41, 5.74) is 1.94. The number of aromatic nitrogens is 1. The van der Waals surface area contributed by atoms with E-state index in [1.807, 2.05) is 36.4 Å². The van der Waals surface area contributed by atoms with Crippen molar-refractivity contribution in [1.29, 1.82) is 0 Å². The summed E-state index contributed by atoms with van der Waals surface area (Å²) < 4.78 is 11.1. The molecule has 3 aliphatic rings. The molecule has 2 aliphatic heterocycles. The average molecular weight is 713 g/mol. The second-order valence-electron chi connectivity index (χ2n) is 13.6. The van der Waals surface area contributed by atoms with Gasteiger partial charge >= 0.3 is 0 Å². The fourth-order valence-corrected chi connectivity index (χ4v) is 6.67. The number of methoxy groups -OCH3 is 1. The number of rotatable bonds is 7. The minimum Gasteiger partial charge on any atom is -0.484 e. The van der Waals surface area contributed by atoms with Crippen molar-refractivity contribution in [2.24, 2.45) is 5.92 Å². The van der Waals surface area contributed by atoms with Crippen molar-refractivity contribution in [3.8, 4) is 11.6 Å². The van der Waals surface area contributed by atoms with Crippen LogP contribution in [-0.2, 0) is 25.6 Å². The van der Waals surface area contributed by atoms with Gasteiger partial charge in [-0.05, 0) is 55.0 Å². The number of hydrogen-bond donors (Lipinski definition) is 4. The molecule has 0 radical (unpaired) electrons. The van der Waals surface area contributed by atoms with Crippen LogP contribution in [0, 0.1) is 5.92 Å². The van der Waals surface area contributed by atoms with Crippen molar-refractivity contribution < 1.29 is 38.6 Å². The summed E-state index contributed by atoms with van der Waals surface area (Å²) in [7, 11) is 1.47. The molecule has 5 amide bonds. The van der Waals surface area contributed by atoms with Gasteiger partial charge in [0.05, 0.1) is 25.8 Å². The first-order valence-electron chi connectivity index (χ1n) is 17.5. The topological polar surface area (TPSA) is 180 Å². The van der Waals surface area contributed by atoms with Gasteiger partial charge in [0.2, 0.25) is 23.6 Å². The quantitative estimate of drug-likeness (QED) is 0.279. The van der Waals surface area contributed by atoms with Crippen molar-refractivity contribution in [2.75, 3.05) is 39.9 Å². The third kappa shape index (κ3) is 9.04. The van der Waals surface area contributed by atoms with E-state index in [4.69, 9.17) is 9.47 Å². The second-order valence-corrected chi connectivity index (χ2v) is 13.6. The van der Waals surface area contributed by atoms with Crippen molar-refractivity contribution in [2.45, 2.75) is 56.3 Å². The van der Waals surface area contributed by atoms with Crippen molar-refractivity contribution in [3.05, 3.63) is 89.6 Å². The average Bonchev–Trinajstić information content (AvgIpc) is 3.87. The molecule has 1 saturated carbocycles. The third-order valence-corrected chi connectivity index (χ3v) is 9.60. The fourth-order valence-electron chi connectivity index (χ4n) is 6.67. The van der Waals surface area contributed by atoms with Crippen molar-refractivity contribution in [3.63, 3.8) is 0 Å². The number of aliphatic hydroxyl groups is 1. The van der Waals surface area contributed by atoms with Crippen LogP contribution in [0.4, 0.5) is 0 Å². The number of ether oxygens (including phenoxy) is 2. The highest BCUT2D eigenvalue weighted by Gasteiger charge is 2.40. The predicted molar refractivity (Wildman–Crippen MR) is 188 cm³/mol. The van der Waals surface area contributed by atoms with E-state index in [-0.39, 0.29) is 50.3 Å². The predicted octanol–water partition coefficient (Wildman–Crippen LogP) is 1.04. The van der Waals surface area contributed by atoms with E-state index in [0.717, 1.165) is 24.0 Å². The van der Waals surface area contributed by atoms with Crippen LogP contribution >= 0.6 is 0 Å². The number of amides is 5. The van der Waals surface area contributed by atoms with E-state index < -0.39 is 54.5 Å². The van der Waals surface area contributed by atoms with Crippen LogP contribution in [0.2, 0.25) is 0 Å². The molecule has 2 aromatic carbocycles. The van der Waals surface area contributed by atoms with Crippen LogP contribution in [-0.4, -0.2) is 114 Å². The molecule has 0 spiro atoms. The van der Waals surface area contributed by atoms with Gasteiger partial charge in [-0.15, -0.1) is 0 Å². The molecular weight excluding hydrogens is 668 g/mol. The number of likely N-dealkylation sites (tertiary alicyclic amines) is 1. The maximum atomic E-state index is 14.2. The molecule has 2 fully saturated rings. The highest BCUT2D eigenvalue weighted by molar-refractivity contribution is 5.95. The SMILES string of the molecule is COc1cc(C(=O)N2C[C@@H]3NC(=O)[C@H](Cc4ccccc4)NC(=O)CN(CC4CC4)C(=O)[C@H]([C@@H](C)O)NC(=O)COc4cccc(c4)[C@H]3C2)ccn1. The maximum Gasteiger partial charge on any atom is 0.258 e. The number of aliphatic hydroxyl groups excluding tert-OH is 1. The van der Waals surface area contributed by atoms with Gasteiger partial charge in [0.15, 0.2) is 6.61 Å².